The Balaban J connectivity index is 2.76. The lowest BCUT2D eigenvalue weighted by molar-refractivity contribution is 0.249. The van der Waals surface area contributed by atoms with Crippen LogP contribution in [-0.4, -0.2) is 24.1 Å². The van der Waals surface area contributed by atoms with E-state index in [1.807, 2.05) is 26.0 Å². The van der Waals surface area contributed by atoms with Crippen LogP contribution in [0.5, 0.6) is 0 Å². The number of nitrogens with one attached hydrogen (secondary N) is 1. The van der Waals surface area contributed by atoms with Gasteiger partial charge in [-0.25, -0.2) is 15.4 Å². The molecule has 4 heteroatoms. The summed E-state index contributed by atoms with van der Waals surface area (Å²) >= 11 is 1.76. The molecule has 0 radical (unpaired) electrons. The lowest BCUT2D eigenvalue weighted by Gasteiger charge is -2.18. The van der Waals surface area contributed by atoms with Crippen molar-refractivity contribution in [2.24, 2.45) is 0 Å². The molecule has 1 aromatic rings. The van der Waals surface area contributed by atoms with Gasteiger partial charge in [0.1, 0.15) is 0 Å². The van der Waals surface area contributed by atoms with Crippen molar-refractivity contribution in [1.82, 2.24) is 15.4 Å². The lowest BCUT2D eigenvalue weighted by Crippen LogP contribution is -2.33. The van der Waals surface area contributed by atoms with E-state index < -0.39 is 0 Å². The quantitative estimate of drug-likeness (QED) is 0.753. The minimum Gasteiger partial charge on any atom is -0.250 e. The summed E-state index contributed by atoms with van der Waals surface area (Å²) < 4.78 is 0. The van der Waals surface area contributed by atoms with Crippen LogP contribution < -0.4 is 5.43 Å². The average Bonchev–Trinajstić information content (AvgIpc) is 2.28. The van der Waals surface area contributed by atoms with Crippen molar-refractivity contribution in [1.29, 1.82) is 0 Å². The third kappa shape index (κ3) is 2.76. The van der Waals surface area contributed by atoms with Gasteiger partial charge in [0.25, 0.3) is 0 Å². The van der Waals surface area contributed by atoms with Crippen LogP contribution in [0.3, 0.4) is 0 Å². The highest BCUT2D eigenvalue weighted by Crippen LogP contribution is 2.22. The van der Waals surface area contributed by atoms with Gasteiger partial charge in [-0.1, -0.05) is 0 Å². The molecule has 0 bridgehead atoms. The summed E-state index contributed by atoms with van der Waals surface area (Å²) in [6.07, 6.45) is 0. The Morgan fingerprint density at radius 3 is 2.38 bits per heavy atom. The first-order valence-corrected chi connectivity index (χ1v) is 5.19. The summed E-state index contributed by atoms with van der Waals surface area (Å²) in [4.78, 5) is 5.80. The van der Waals surface area contributed by atoms with Crippen LogP contribution in [0.15, 0.2) is 0 Å². The number of hydrazine groups is 1. The zero-order valence-corrected chi connectivity index (χ0v) is 9.70. The Morgan fingerprint density at radius 2 is 2.00 bits per heavy atom. The standard InChI is InChI=1S/C9H17N3S/c1-6(11-12(4)5)9-7(2)13-8(3)10-9/h6,11H,1-5H3. The van der Waals surface area contributed by atoms with E-state index in [9.17, 15) is 0 Å². The number of hydrogen-bond acceptors (Lipinski definition) is 4. The zero-order valence-electron chi connectivity index (χ0n) is 8.88. The van der Waals surface area contributed by atoms with Gasteiger partial charge in [0, 0.05) is 19.0 Å². The first kappa shape index (κ1) is 10.6. The second-order valence-corrected chi connectivity index (χ2v) is 4.83. The zero-order chi connectivity index (χ0) is 10.0. The van der Waals surface area contributed by atoms with E-state index in [4.69, 9.17) is 0 Å². The van der Waals surface area contributed by atoms with Gasteiger partial charge in [0.2, 0.25) is 0 Å². The molecule has 1 heterocycles. The van der Waals surface area contributed by atoms with E-state index in [1.54, 1.807) is 11.3 Å². The topological polar surface area (TPSA) is 28.2 Å². The van der Waals surface area contributed by atoms with Gasteiger partial charge in [-0.3, -0.25) is 0 Å². The molecule has 0 aliphatic heterocycles. The van der Waals surface area contributed by atoms with Gasteiger partial charge in [-0.15, -0.1) is 11.3 Å². The Hall–Kier alpha value is -0.450. The molecule has 0 aliphatic carbocycles. The maximum absolute atomic E-state index is 4.49. The summed E-state index contributed by atoms with van der Waals surface area (Å²) in [5.41, 5.74) is 4.45. The molecular weight excluding hydrogens is 182 g/mol. The molecule has 1 atom stereocenters. The van der Waals surface area contributed by atoms with Gasteiger partial charge >= 0.3 is 0 Å². The summed E-state index contributed by atoms with van der Waals surface area (Å²) in [5.74, 6) is 0. The molecule has 1 unspecified atom stereocenters. The van der Waals surface area contributed by atoms with Crippen LogP contribution in [-0.2, 0) is 0 Å². The molecule has 0 aliphatic rings. The summed E-state index contributed by atoms with van der Waals surface area (Å²) in [6, 6.07) is 0.292. The van der Waals surface area contributed by atoms with Crippen LogP contribution in [0.4, 0.5) is 0 Å². The maximum atomic E-state index is 4.49. The number of aromatic nitrogens is 1. The fourth-order valence-corrected chi connectivity index (χ4v) is 2.31. The molecule has 0 saturated carbocycles. The van der Waals surface area contributed by atoms with Crippen LogP contribution in [0.25, 0.3) is 0 Å². The number of aryl methyl sites for hydroxylation is 2. The van der Waals surface area contributed by atoms with Gasteiger partial charge in [-0.05, 0) is 20.8 Å². The Kier molecular flexibility index (Phi) is 3.41. The SMILES string of the molecule is Cc1nc(C(C)NN(C)C)c(C)s1. The van der Waals surface area contributed by atoms with Crippen LogP contribution in [0.2, 0.25) is 0 Å². The number of hydrogen-bond donors (Lipinski definition) is 1. The van der Waals surface area contributed by atoms with E-state index in [2.05, 4.69) is 24.3 Å². The number of nitrogens with zero attached hydrogens (tertiary/aromatic N) is 2. The molecule has 0 amide bonds. The average molecular weight is 199 g/mol. The van der Waals surface area contributed by atoms with Crippen LogP contribution in [0.1, 0.15) is 28.5 Å². The molecule has 0 spiro atoms. The third-order valence-electron chi connectivity index (χ3n) is 1.80. The van der Waals surface area contributed by atoms with E-state index >= 15 is 0 Å². The van der Waals surface area contributed by atoms with Gasteiger partial charge < -0.3 is 0 Å². The monoisotopic (exact) mass is 199 g/mol. The first-order valence-electron chi connectivity index (χ1n) is 4.38. The largest absolute Gasteiger partial charge is 0.250 e. The predicted molar refractivity (Wildman–Crippen MR) is 56.8 cm³/mol. The number of rotatable bonds is 3. The van der Waals surface area contributed by atoms with Gasteiger partial charge in [-0.2, -0.15) is 0 Å². The summed E-state index contributed by atoms with van der Waals surface area (Å²) in [6.45, 7) is 6.29. The predicted octanol–water partition coefficient (Wildman–Crippen LogP) is 1.89. The molecule has 1 aromatic heterocycles. The molecule has 74 valence electrons. The Labute approximate surface area is 83.8 Å². The molecule has 0 saturated heterocycles. The van der Waals surface area contributed by atoms with E-state index in [0.717, 1.165) is 10.7 Å². The highest BCUT2D eigenvalue weighted by atomic mass is 32.1. The van der Waals surface area contributed by atoms with Crippen molar-refractivity contribution in [3.8, 4) is 0 Å². The highest BCUT2D eigenvalue weighted by molar-refractivity contribution is 7.11. The molecule has 0 aromatic carbocycles. The maximum Gasteiger partial charge on any atom is 0.0900 e. The smallest absolute Gasteiger partial charge is 0.0900 e. The minimum absolute atomic E-state index is 0.292. The van der Waals surface area contributed by atoms with E-state index in [0.29, 0.717) is 6.04 Å². The second-order valence-electron chi connectivity index (χ2n) is 3.42. The summed E-state index contributed by atoms with van der Waals surface area (Å²) in [7, 11) is 3.98. The van der Waals surface area contributed by atoms with Gasteiger partial charge in [0.05, 0.1) is 16.7 Å². The van der Waals surface area contributed by atoms with Crippen molar-refractivity contribution >= 4 is 11.3 Å². The van der Waals surface area contributed by atoms with Crippen molar-refractivity contribution in [2.75, 3.05) is 14.1 Å². The van der Waals surface area contributed by atoms with Crippen molar-refractivity contribution < 1.29 is 0 Å². The van der Waals surface area contributed by atoms with E-state index in [-0.39, 0.29) is 0 Å². The molecule has 1 N–H and O–H groups in total. The molecular formula is C9H17N3S. The number of thiazole rings is 1. The van der Waals surface area contributed by atoms with Crippen molar-refractivity contribution in [3.63, 3.8) is 0 Å². The molecule has 13 heavy (non-hydrogen) atoms. The highest BCUT2D eigenvalue weighted by Gasteiger charge is 2.12. The lowest BCUT2D eigenvalue weighted by atomic mass is 10.2. The Bertz CT molecular complexity index is 280. The second kappa shape index (κ2) is 4.17. The minimum atomic E-state index is 0.292. The normalized spacial score (nSPS) is 13.7. The van der Waals surface area contributed by atoms with E-state index in [1.165, 1.54) is 4.88 Å². The molecule has 3 nitrogen and oxygen atoms in total. The van der Waals surface area contributed by atoms with Gasteiger partial charge in [0.15, 0.2) is 0 Å². The first-order chi connectivity index (χ1) is 6.00. The Morgan fingerprint density at radius 1 is 1.38 bits per heavy atom. The summed E-state index contributed by atoms with van der Waals surface area (Å²) in [5, 5.41) is 3.10. The molecule has 0 fully saturated rings. The van der Waals surface area contributed by atoms with Crippen LogP contribution in [0, 0.1) is 13.8 Å². The van der Waals surface area contributed by atoms with Crippen molar-refractivity contribution in [2.45, 2.75) is 26.8 Å². The fourth-order valence-electron chi connectivity index (χ4n) is 1.40. The van der Waals surface area contributed by atoms with Crippen molar-refractivity contribution in [3.05, 3.63) is 15.6 Å². The molecule has 1 rings (SSSR count). The van der Waals surface area contributed by atoms with Crippen LogP contribution >= 0.6 is 11.3 Å². The fraction of sp³-hybridized carbons (Fsp3) is 0.667. The third-order valence-corrected chi connectivity index (χ3v) is 2.70.